The van der Waals surface area contributed by atoms with Gasteiger partial charge in [0.05, 0.1) is 17.2 Å². The predicted molar refractivity (Wildman–Crippen MR) is 66.1 cm³/mol. The van der Waals surface area contributed by atoms with Crippen LogP contribution >= 0.6 is 0 Å². The van der Waals surface area contributed by atoms with Gasteiger partial charge in [0.2, 0.25) is 0 Å². The molecule has 1 aromatic rings. The van der Waals surface area contributed by atoms with Crippen LogP contribution in [-0.4, -0.2) is 26.0 Å². The molecule has 17 heavy (non-hydrogen) atoms. The molecule has 1 aliphatic rings. The zero-order valence-electron chi connectivity index (χ0n) is 9.32. The summed E-state index contributed by atoms with van der Waals surface area (Å²) in [5.41, 5.74) is 6.20. The van der Waals surface area contributed by atoms with E-state index in [1.54, 1.807) is 12.1 Å². The molecule has 0 spiro atoms. The fourth-order valence-corrected chi connectivity index (χ4v) is 3.39. The summed E-state index contributed by atoms with van der Waals surface area (Å²) >= 11 is 0. The van der Waals surface area contributed by atoms with E-state index in [-0.39, 0.29) is 17.5 Å². The minimum absolute atomic E-state index is 0.0108. The smallest absolute Gasteiger partial charge is 0.150 e. The zero-order valence-corrected chi connectivity index (χ0v) is 10.1. The molecule has 1 aliphatic heterocycles. The van der Waals surface area contributed by atoms with Gasteiger partial charge in [0.1, 0.15) is 15.7 Å². The standard InChI is InChI=1S/C11H15FN2O2S/c12-10-7-8(13)1-2-11(10)14-9-3-5-17(15,16)6-4-9/h1-2,7,9,14H,3-6,13H2. The van der Waals surface area contributed by atoms with Gasteiger partial charge < -0.3 is 11.1 Å². The van der Waals surface area contributed by atoms with E-state index in [0.717, 1.165) is 0 Å². The molecular weight excluding hydrogens is 243 g/mol. The van der Waals surface area contributed by atoms with E-state index in [4.69, 9.17) is 5.73 Å². The van der Waals surface area contributed by atoms with Crippen LogP contribution < -0.4 is 11.1 Å². The number of rotatable bonds is 2. The Labute approximate surface area is 99.9 Å². The second-order valence-electron chi connectivity index (χ2n) is 4.31. The number of nitrogens with two attached hydrogens (primary N) is 1. The van der Waals surface area contributed by atoms with Crippen molar-refractivity contribution in [1.29, 1.82) is 0 Å². The summed E-state index contributed by atoms with van der Waals surface area (Å²) in [5, 5.41) is 3.02. The molecule has 0 unspecified atom stereocenters. The highest BCUT2D eigenvalue weighted by Gasteiger charge is 2.23. The molecular formula is C11H15FN2O2S. The maximum atomic E-state index is 13.5. The maximum absolute atomic E-state index is 13.5. The monoisotopic (exact) mass is 258 g/mol. The first-order chi connectivity index (χ1) is 7.96. The van der Waals surface area contributed by atoms with Crippen LogP contribution in [0.4, 0.5) is 15.8 Å². The number of anilines is 2. The number of halogens is 1. The molecule has 0 aromatic heterocycles. The molecule has 1 aromatic carbocycles. The fourth-order valence-electron chi connectivity index (χ4n) is 1.90. The number of hydrogen-bond donors (Lipinski definition) is 2. The van der Waals surface area contributed by atoms with Crippen molar-refractivity contribution in [2.45, 2.75) is 18.9 Å². The second kappa shape index (κ2) is 4.52. The van der Waals surface area contributed by atoms with Crippen molar-refractivity contribution in [2.75, 3.05) is 22.6 Å². The molecule has 1 fully saturated rings. The van der Waals surface area contributed by atoms with E-state index in [9.17, 15) is 12.8 Å². The summed E-state index contributed by atoms with van der Waals surface area (Å²) in [4.78, 5) is 0. The summed E-state index contributed by atoms with van der Waals surface area (Å²) in [6.45, 7) is 0. The molecule has 4 nitrogen and oxygen atoms in total. The van der Waals surface area contributed by atoms with Crippen LogP contribution in [0.2, 0.25) is 0 Å². The zero-order chi connectivity index (χ0) is 12.5. The van der Waals surface area contributed by atoms with Crippen LogP contribution in [0.5, 0.6) is 0 Å². The van der Waals surface area contributed by atoms with Gasteiger partial charge in [-0.05, 0) is 31.0 Å². The number of nitrogen functional groups attached to an aromatic ring is 1. The minimum atomic E-state index is -2.88. The Bertz CT molecular complexity index is 502. The van der Waals surface area contributed by atoms with Crippen LogP contribution in [0.15, 0.2) is 18.2 Å². The van der Waals surface area contributed by atoms with E-state index < -0.39 is 15.7 Å². The molecule has 1 heterocycles. The topological polar surface area (TPSA) is 72.2 Å². The first-order valence-electron chi connectivity index (χ1n) is 5.48. The first kappa shape index (κ1) is 12.2. The van der Waals surface area contributed by atoms with Gasteiger partial charge in [-0.1, -0.05) is 0 Å². The van der Waals surface area contributed by atoms with Gasteiger partial charge in [-0.15, -0.1) is 0 Å². The average molecular weight is 258 g/mol. The highest BCUT2D eigenvalue weighted by molar-refractivity contribution is 7.91. The van der Waals surface area contributed by atoms with Gasteiger partial charge in [-0.25, -0.2) is 12.8 Å². The van der Waals surface area contributed by atoms with Gasteiger partial charge in [0.15, 0.2) is 0 Å². The van der Waals surface area contributed by atoms with Crippen molar-refractivity contribution in [3.63, 3.8) is 0 Å². The largest absolute Gasteiger partial charge is 0.399 e. The van der Waals surface area contributed by atoms with E-state index in [1.807, 2.05) is 0 Å². The molecule has 2 rings (SSSR count). The number of sulfone groups is 1. The third kappa shape index (κ3) is 3.09. The van der Waals surface area contributed by atoms with Crippen molar-refractivity contribution in [3.05, 3.63) is 24.0 Å². The average Bonchev–Trinajstić information content (AvgIpc) is 2.25. The fraction of sp³-hybridized carbons (Fsp3) is 0.455. The predicted octanol–water partition coefficient (Wildman–Crippen LogP) is 1.40. The lowest BCUT2D eigenvalue weighted by Crippen LogP contribution is -2.32. The van der Waals surface area contributed by atoms with Crippen LogP contribution in [0.25, 0.3) is 0 Å². The minimum Gasteiger partial charge on any atom is -0.399 e. The summed E-state index contributed by atoms with van der Waals surface area (Å²) in [6.07, 6.45) is 1.04. The third-order valence-electron chi connectivity index (χ3n) is 2.91. The normalized spacial score (nSPS) is 20.1. The van der Waals surface area contributed by atoms with E-state index in [2.05, 4.69) is 5.32 Å². The highest BCUT2D eigenvalue weighted by atomic mass is 32.2. The van der Waals surface area contributed by atoms with Gasteiger partial charge in [-0.2, -0.15) is 0 Å². The Morgan fingerprint density at radius 2 is 1.94 bits per heavy atom. The molecule has 6 heteroatoms. The Hall–Kier alpha value is -1.30. The Morgan fingerprint density at radius 1 is 1.29 bits per heavy atom. The van der Waals surface area contributed by atoms with Crippen molar-refractivity contribution < 1.29 is 12.8 Å². The van der Waals surface area contributed by atoms with Gasteiger partial charge in [-0.3, -0.25) is 0 Å². The third-order valence-corrected chi connectivity index (χ3v) is 4.62. The maximum Gasteiger partial charge on any atom is 0.150 e. The molecule has 0 saturated carbocycles. The lowest BCUT2D eigenvalue weighted by molar-refractivity contribution is 0.557. The van der Waals surface area contributed by atoms with Gasteiger partial charge in [0, 0.05) is 11.7 Å². The Balaban J connectivity index is 2.02. The SMILES string of the molecule is Nc1ccc(NC2CCS(=O)(=O)CC2)c(F)c1. The van der Waals surface area contributed by atoms with Crippen molar-refractivity contribution in [1.82, 2.24) is 0 Å². The van der Waals surface area contributed by atoms with Crippen LogP contribution in [0.3, 0.4) is 0 Å². The lowest BCUT2D eigenvalue weighted by atomic mass is 10.1. The van der Waals surface area contributed by atoms with E-state index in [1.165, 1.54) is 6.07 Å². The Kier molecular flexibility index (Phi) is 3.24. The highest BCUT2D eigenvalue weighted by Crippen LogP contribution is 2.21. The summed E-state index contributed by atoms with van der Waals surface area (Å²) in [6, 6.07) is 4.46. The van der Waals surface area contributed by atoms with Crippen LogP contribution in [-0.2, 0) is 9.84 Å². The van der Waals surface area contributed by atoms with Crippen molar-refractivity contribution in [3.8, 4) is 0 Å². The van der Waals surface area contributed by atoms with E-state index >= 15 is 0 Å². The second-order valence-corrected chi connectivity index (χ2v) is 6.61. The summed E-state index contributed by atoms with van der Waals surface area (Å²) in [5.74, 6) is -0.0684. The van der Waals surface area contributed by atoms with Gasteiger partial charge >= 0.3 is 0 Å². The Morgan fingerprint density at radius 3 is 2.53 bits per heavy atom. The molecule has 0 aliphatic carbocycles. The quantitative estimate of drug-likeness (QED) is 0.786. The molecule has 3 N–H and O–H groups in total. The molecule has 1 saturated heterocycles. The number of benzene rings is 1. The van der Waals surface area contributed by atoms with Crippen molar-refractivity contribution >= 4 is 21.2 Å². The summed E-state index contributed by atoms with van der Waals surface area (Å²) < 4.78 is 36.0. The van der Waals surface area contributed by atoms with E-state index in [0.29, 0.717) is 24.2 Å². The molecule has 0 bridgehead atoms. The number of nitrogens with one attached hydrogen (secondary N) is 1. The molecule has 0 amide bonds. The first-order valence-corrected chi connectivity index (χ1v) is 7.30. The molecule has 94 valence electrons. The van der Waals surface area contributed by atoms with Crippen LogP contribution in [0.1, 0.15) is 12.8 Å². The number of hydrogen-bond acceptors (Lipinski definition) is 4. The van der Waals surface area contributed by atoms with Crippen LogP contribution in [0, 0.1) is 5.82 Å². The van der Waals surface area contributed by atoms with Crippen molar-refractivity contribution in [2.24, 2.45) is 0 Å². The molecule has 0 atom stereocenters. The molecule has 0 radical (unpaired) electrons. The van der Waals surface area contributed by atoms with Gasteiger partial charge in [0.25, 0.3) is 0 Å². The summed E-state index contributed by atoms with van der Waals surface area (Å²) in [7, 11) is -2.88. The lowest BCUT2D eigenvalue weighted by Gasteiger charge is -2.24.